The Morgan fingerprint density at radius 2 is 2.58 bits per heavy atom. The van der Waals surface area contributed by atoms with Gasteiger partial charge in [0.15, 0.2) is 0 Å². The highest BCUT2D eigenvalue weighted by Crippen LogP contribution is 2.31. The second-order valence-corrected chi connectivity index (χ2v) is 4.87. The van der Waals surface area contributed by atoms with Crippen molar-refractivity contribution >= 4 is 23.1 Å². The predicted octanol–water partition coefficient (Wildman–Crippen LogP) is 2.62. The van der Waals surface area contributed by atoms with Crippen LogP contribution in [0.1, 0.15) is 18.4 Å². The van der Waals surface area contributed by atoms with Gasteiger partial charge in [-0.1, -0.05) is 25.3 Å². The smallest absolute Gasteiger partial charge is 0.107 e. The molecule has 1 aromatic rings. The van der Waals surface area contributed by atoms with Crippen LogP contribution in [0.4, 0.5) is 0 Å². The van der Waals surface area contributed by atoms with Gasteiger partial charge in [0.25, 0.3) is 0 Å². The summed E-state index contributed by atoms with van der Waals surface area (Å²) in [6.07, 6.45) is 2.86. The number of thiazole rings is 1. The van der Waals surface area contributed by atoms with E-state index in [4.69, 9.17) is 5.73 Å². The van der Waals surface area contributed by atoms with Gasteiger partial charge in [0.05, 0.1) is 10.4 Å². The third-order valence-electron chi connectivity index (χ3n) is 1.35. The summed E-state index contributed by atoms with van der Waals surface area (Å²) in [7, 11) is 0. The summed E-state index contributed by atoms with van der Waals surface area (Å²) in [6, 6.07) is 0. The quantitative estimate of drug-likeness (QED) is 0.759. The SMILES string of the molecule is C=C(CC)Sc1cnc(CN)s1. The second kappa shape index (κ2) is 4.64. The van der Waals surface area contributed by atoms with Gasteiger partial charge in [-0.3, -0.25) is 0 Å². The number of thioether (sulfide) groups is 1. The molecule has 12 heavy (non-hydrogen) atoms. The lowest BCUT2D eigenvalue weighted by molar-refractivity contribution is 1.04. The Balaban J connectivity index is 2.58. The minimum Gasteiger partial charge on any atom is -0.325 e. The molecule has 0 spiro atoms. The van der Waals surface area contributed by atoms with Crippen molar-refractivity contribution in [2.75, 3.05) is 0 Å². The molecule has 0 aliphatic rings. The van der Waals surface area contributed by atoms with Crippen molar-refractivity contribution in [3.63, 3.8) is 0 Å². The maximum atomic E-state index is 5.44. The van der Waals surface area contributed by atoms with Crippen LogP contribution in [0.15, 0.2) is 21.9 Å². The first-order chi connectivity index (χ1) is 5.76. The first-order valence-electron chi connectivity index (χ1n) is 3.76. The van der Waals surface area contributed by atoms with Crippen molar-refractivity contribution in [3.8, 4) is 0 Å². The summed E-state index contributed by atoms with van der Waals surface area (Å²) in [5, 5.41) is 0.987. The summed E-state index contributed by atoms with van der Waals surface area (Å²) in [6.45, 7) is 6.54. The van der Waals surface area contributed by atoms with Crippen LogP contribution in [-0.4, -0.2) is 4.98 Å². The molecule has 0 aliphatic carbocycles. The number of allylic oxidation sites excluding steroid dienone is 1. The Morgan fingerprint density at radius 3 is 3.08 bits per heavy atom. The molecule has 0 radical (unpaired) electrons. The molecule has 1 aromatic heterocycles. The lowest BCUT2D eigenvalue weighted by atomic mass is 10.5. The van der Waals surface area contributed by atoms with Crippen LogP contribution in [0.25, 0.3) is 0 Å². The van der Waals surface area contributed by atoms with Crippen LogP contribution in [0.3, 0.4) is 0 Å². The molecule has 0 atom stereocenters. The van der Waals surface area contributed by atoms with Gasteiger partial charge in [-0.05, 0) is 11.3 Å². The molecule has 0 fully saturated rings. The van der Waals surface area contributed by atoms with Crippen molar-refractivity contribution in [2.24, 2.45) is 5.73 Å². The van der Waals surface area contributed by atoms with E-state index in [9.17, 15) is 0 Å². The number of hydrogen-bond acceptors (Lipinski definition) is 4. The zero-order chi connectivity index (χ0) is 8.97. The van der Waals surface area contributed by atoms with Crippen molar-refractivity contribution in [1.29, 1.82) is 0 Å². The molecule has 2 nitrogen and oxygen atoms in total. The van der Waals surface area contributed by atoms with Gasteiger partial charge in [0.1, 0.15) is 5.01 Å². The Kier molecular flexibility index (Phi) is 3.78. The molecule has 1 rings (SSSR count). The zero-order valence-corrected chi connectivity index (χ0v) is 8.67. The number of rotatable bonds is 4. The Labute approximate surface area is 80.9 Å². The third kappa shape index (κ3) is 2.62. The molecule has 1 heterocycles. The van der Waals surface area contributed by atoms with Gasteiger partial charge in [0.2, 0.25) is 0 Å². The fourth-order valence-electron chi connectivity index (χ4n) is 0.650. The van der Waals surface area contributed by atoms with E-state index in [2.05, 4.69) is 18.5 Å². The van der Waals surface area contributed by atoms with Gasteiger partial charge in [0, 0.05) is 6.54 Å². The predicted molar refractivity (Wildman–Crippen MR) is 55.3 cm³/mol. The largest absolute Gasteiger partial charge is 0.325 e. The molecular weight excluding hydrogens is 188 g/mol. The first-order valence-corrected chi connectivity index (χ1v) is 5.40. The maximum Gasteiger partial charge on any atom is 0.107 e. The van der Waals surface area contributed by atoms with Crippen molar-refractivity contribution in [1.82, 2.24) is 4.98 Å². The summed E-state index contributed by atoms with van der Waals surface area (Å²) >= 11 is 3.33. The zero-order valence-electron chi connectivity index (χ0n) is 7.04. The van der Waals surface area contributed by atoms with E-state index in [0.29, 0.717) is 6.54 Å². The van der Waals surface area contributed by atoms with E-state index in [1.165, 1.54) is 9.11 Å². The van der Waals surface area contributed by atoms with Gasteiger partial charge >= 0.3 is 0 Å². The normalized spacial score (nSPS) is 10.2. The van der Waals surface area contributed by atoms with E-state index >= 15 is 0 Å². The van der Waals surface area contributed by atoms with E-state index in [1.807, 2.05) is 6.20 Å². The molecule has 66 valence electrons. The van der Waals surface area contributed by atoms with Crippen molar-refractivity contribution in [3.05, 3.63) is 22.7 Å². The molecule has 0 aliphatic heterocycles. The molecule has 0 saturated carbocycles. The number of hydrogen-bond donors (Lipinski definition) is 1. The average molecular weight is 200 g/mol. The Morgan fingerprint density at radius 1 is 1.83 bits per heavy atom. The summed E-state index contributed by atoms with van der Waals surface area (Å²) < 4.78 is 1.18. The van der Waals surface area contributed by atoms with E-state index < -0.39 is 0 Å². The summed E-state index contributed by atoms with van der Waals surface area (Å²) in [5.41, 5.74) is 5.44. The second-order valence-electron chi connectivity index (χ2n) is 2.27. The molecule has 0 unspecified atom stereocenters. The molecular formula is C8H12N2S2. The van der Waals surface area contributed by atoms with Crippen molar-refractivity contribution < 1.29 is 0 Å². The van der Waals surface area contributed by atoms with E-state index in [1.54, 1.807) is 23.1 Å². The van der Waals surface area contributed by atoms with E-state index in [-0.39, 0.29) is 0 Å². The van der Waals surface area contributed by atoms with Crippen LogP contribution in [-0.2, 0) is 6.54 Å². The standard InChI is InChI=1S/C8H12N2S2/c1-3-6(2)11-8-5-10-7(4-9)12-8/h5H,2-4,9H2,1H3. The highest BCUT2D eigenvalue weighted by atomic mass is 32.2. The minimum absolute atomic E-state index is 0.532. The molecule has 0 amide bonds. The topological polar surface area (TPSA) is 38.9 Å². The molecule has 0 saturated heterocycles. The van der Waals surface area contributed by atoms with Gasteiger partial charge < -0.3 is 5.73 Å². The highest BCUT2D eigenvalue weighted by molar-refractivity contribution is 8.04. The van der Waals surface area contributed by atoms with Crippen LogP contribution in [0, 0.1) is 0 Å². The van der Waals surface area contributed by atoms with E-state index in [0.717, 1.165) is 11.4 Å². The van der Waals surface area contributed by atoms with Crippen molar-refractivity contribution in [2.45, 2.75) is 24.1 Å². The number of aromatic nitrogens is 1. The fraction of sp³-hybridized carbons (Fsp3) is 0.375. The minimum atomic E-state index is 0.532. The molecule has 0 aromatic carbocycles. The van der Waals surface area contributed by atoms with Crippen LogP contribution < -0.4 is 5.73 Å². The average Bonchev–Trinajstić information content (AvgIpc) is 2.52. The Hall–Kier alpha value is -0.320. The van der Waals surface area contributed by atoms with Crippen LogP contribution in [0.2, 0.25) is 0 Å². The molecule has 0 bridgehead atoms. The summed E-state index contributed by atoms with van der Waals surface area (Å²) in [4.78, 5) is 5.32. The third-order valence-corrected chi connectivity index (χ3v) is 3.54. The monoisotopic (exact) mass is 200 g/mol. The Bertz CT molecular complexity index is 268. The summed E-state index contributed by atoms with van der Waals surface area (Å²) in [5.74, 6) is 0. The highest BCUT2D eigenvalue weighted by Gasteiger charge is 2.01. The number of nitrogens with zero attached hydrogens (tertiary/aromatic N) is 1. The van der Waals surface area contributed by atoms with Gasteiger partial charge in [-0.15, -0.1) is 11.3 Å². The molecule has 2 N–H and O–H groups in total. The van der Waals surface area contributed by atoms with Crippen LogP contribution >= 0.6 is 23.1 Å². The lowest BCUT2D eigenvalue weighted by Crippen LogP contribution is -1.93. The first kappa shape index (κ1) is 9.77. The maximum absolute atomic E-state index is 5.44. The van der Waals surface area contributed by atoms with Gasteiger partial charge in [-0.25, -0.2) is 4.98 Å². The number of nitrogens with two attached hydrogens (primary N) is 1. The van der Waals surface area contributed by atoms with Crippen LogP contribution in [0.5, 0.6) is 0 Å². The van der Waals surface area contributed by atoms with Gasteiger partial charge in [-0.2, -0.15) is 0 Å². The lowest BCUT2D eigenvalue weighted by Gasteiger charge is -1.95. The fourth-order valence-corrected chi connectivity index (χ4v) is 2.52. The molecule has 4 heteroatoms.